The zero-order chi connectivity index (χ0) is 13.3. The third kappa shape index (κ3) is 2.61. The van der Waals surface area contributed by atoms with Gasteiger partial charge in [-0.3, -0.25) is 4.79 Å². The average molecular weight is 248 g/mol. The summed E-state index contributed by atoms with van der Waals surface area (Å²) in [6.07, 6.45) is -0.598. The van der Waals surface area contributed by atoms with Crippen LogP contribution in [0, 0.1) is 0 Å². The SMILES string of the molecule is CC(C)(C)OC(=O)NC1C(=O)Nc2ccccc21. The van der Waals surface area contributed by atoms with Crippen LogP contribution >= 0.6 is 0 Å². The molecule has 18 heavy (non-hydrogen) atoms. The molecule has 2 amide bonds. The smallest absolute Gasteiger partial charge is 0.408 e. The molecule has 0 aliphatic carbocycles. The molecule has 2 N–H and O–H groups in total. The number of anilines is 1. The topological polar surface area (TPSA) is 67.4 Å². The maximum atomic E-state index is 11.8. The van der Waals surface area contributed by atoms with E-state index in [-0.39, 0.29) is 5.91 Å². The van der Waals surface area contributed by atoms with Crippen molar-refractivity contribution >= 4 is 17.7 Å². The lowest BCUT2D eigenvalue weighted by atomic mass is 10.1. The van der Waals surface area contributed by atoms with Gasteiger partial charge in [-0.1, -0.05) is 18.2 Å². The van der Waals surface area contributed by atoms with Gasteiger partial charge in [0.05, 0.1) is 0 Å². The number of benzene rings is 1. The number of hydrogen-bond donors (Lipinski definition) is 2. The van der Waals surface area contributed by atoms with Gasteiger partial charge in [-0.15, -0.1) is 0 Å². The van der Waals surface area contributed by atoms with E-state index in [1.54, 1.807) is 32.9 Å². The van der Waals surface area contributed by atoms with Crippen LogP contribution in [0.1, 0.15) is 32.4 Å². The van der Waals surface area contributed by atoms with Crippen molar-refractivity contribution < 1.29 is 14.3 Å². The predicted molar refractivity (Wildman–Crippen MR) is 67.2 cm³/mol. The van der Waals surface area contributed by atoms with Gasteiger partial charge in [-0.05, 0) is 26.8 Å². The van der Waals surface area contributed by atoms with E-state index in [1.165, 1.54) is 0 Å². The molecule has 0 saturated carbocycles. The summed E-state index contributed by atoms with van der Waals surface area (Å²) >= 11 is 0. The van der Waals surface area contributed by atoms with Crippen molar-refractivity contribution in [2.24, 2.45) is 0 Å². The van der Waals surface area contributed by atoms with Gasteiger partial charge >= 0.3 is 6.09 Å². The highest BCUT2D eigenvalue weighted by molar-refractivity contribution is 6.03. The van der Waals surface area contributed by atoms with E-state index in [0.29, 0.717) is 0 Å². The molecule has 1 aliphatic rings. The van der Waals surface area contributed by atoms with Gasteiger partial charge in [0, 0.05) is 11.3 Å². The quantitative estimate of drug-likeness (QED) is 0.800. The van der Waals surface area contributed by atoms with E-state index in [4.69, 9.17) is 4.74 Å². The Kier molecular flexibility index (Phi) is 2.98. The molecule has 5 heteroatoms. The molecule has 1 aromatic carbocycles. The van der Waals surface area contributed by atoms with Crippen molar-refractivity contribution in [1.29, 1.82) is 0 Å². The van der Waals surface area contributed by atoms with E-state index in [2.05, 4.69) is 10.6 Å². The van der Waals surface area contributed by atoms with Crippen LogP contribution < -0.4 is 10.6 Å². The molecule has 96 valence electrons. The van der Waals surface area contributed by atoms with Crippen LogP contribution in [0.15, 0.2) is 24.3 Å². The summed E-state index contributed by atoms with van der Waals surface area (Å²) in [5.41, 5.74) is 0.899. The van der Waals surface area contributed by atoms with Gasteiger partial charge in [0.1, 0.15) is 11.6 Å². The zero-order valence-corrected chi connectivity index (χ0v) is 10.6. The summed E-state index contributed by atoms with van der Waals surface area (Å²) in [4.78, 5) is 23.4. The molecule has 1 unspecified atom stereocenters. The molecular formula is C13H16N2O3. The standard InChI is InChI=1S/C13H16N2O3/c1-13(2,3)18-12(17)15-10-8-6-4-5-7-9(8)14-11(10)16/h4-7,10H,1-3H3,(H,14,16)(H,15,17). The van der Waals surface area contributed by atoms with Gasteiger partial charge in [0.15, 0.2) is 0 Å². The minimum absolute atomic E-state index is 0.248. The molecule has 1 aromatic rings. The van der Waals surface area contributed by atoms with Crippen molar-refractivity contribution in [3.05, 3.63) is 29.8 Å². The number of amides is 2. The first-order chi connectivity index (χ1) is 8.37. The summed E-state index contributed by atoms with van der Waals surface area (Å²) in [5, 5.41) is 5.27. The Labute approximate surface area is 106 Å². The summed E-state index contributed by atoms with van der Waals surface area (Å²) < 4.78 is 5.13. The minimum atomic E-state index is -0.684. The molecule has 0 aromatic heterocycles. The van der Waals surface area contributed by atoms with Crippen LogP contribution in [0.3, 0.4) is 0 Å². The predicted octanol–water partition coefficient (Wildman–Crippen LogP) is 2.20. The van der Waals surface area contributed by atoms with Crippen LogP contribution in [-0.4, -0.2) is 17.6 Å². The molecule has 0 saturated heterocycles. The highest BCUT2D eigenvalue weighted by Crippen LogP contribution is 2.30. The maximum absolute atomic E-state index is 11.8. The maximum Gasteiger partial charge on any atom is 0.408 e. The number of hydrogen-bond acceptors (Lipinski definition) is 3. The van der Waals surface area contributed by atoms with Gasteiger partial charge in [0.2, 0.25) is 0 Å². The zero-order valence-electron chi connectivity index (χ0n) is 10.6. The lowest BCUT2D eigenvalue weighted by Gasteiger charge is -2.21. The van der Waals surface area contributed by atoms with Crippen molar-refractivity contribution in [2.75, 3.05) is 5.32 Å². The molecule has 1 heterocycles. The fourth-order valence-electron chi connectivity index (χ4n) is 1.78. The highest BCUT2D eigenvalue weighted by Gasteiger charge is 2.32. The molecule has 0 bridgehead atoms. The summed E-state index contributed by atoms with van der Waals surface area (Å²) in [6.45, 7) is 5.32. The van der Waals surface area contributed by atoms with Crippen LogP contribution in [0.5, 0.6) is 0 Å². The third-order valence-corrected chi connectivity index (χ3v) is 2.45. The average Bonchev–Trinajstić information content (AvgIpc) is 2.53. The molecule has 1 aliphatic heterocycles. The number of ether oxygens (including phenoxy) is 1. The summed E-state index contributed by atoms with van der Waals surface area (Å²) in [7, 11) is 0. The van der Waals surface area contributed by atoms with Gasteiger partial charge in [-0.25, -0.2) is 4.79 Å². The fraction of sp³-hybridized carbons (Fsp3) is 0.385. The van der Waals surface area contributed by atoms with E-state index < -0.39 is 17.7 Å². The lowest BCUT2D eigenvalue weighted by molar-refractivity contribution is -0.117. The molecule has 0 radical (unpaired) electrons. The fourth-order valence-corrected chi connectivity index (χ4v) is 1.78. The van der Waals surface area contributed by atoms with Gasteiger partial charge < -0.3 is 15.4 Å². The van der Waals surface area contributed by atoms with Crippen LogP contribution in [0.2, 0.25) is 0 Å². The van der Waals surface area contributed by atoms with E-state index in [9.17, 15) is 9.59 Å². The largest absolute Gasteiger partial charge is 0.444 e. The first-order valence-electron chi connectivity index (χ1n) is 5.76. The molecule has 5 nitrogen and oxygen atoms in total. The number of rotatable bonds is 1. The second-order valence-corrected chi connectivity index (χ2v) is 5.16. The molecule has 0 fully saturated rings. The Hall–Kier alpha value is -2.04. The molecular weight excluding hydrogens is 232 g/mol. The number of nitrogens with one attached hydrogen (secondary N) is 2. The van der Waals surface area contributed by atoms with Gasteiger partial charge in [-0.2, -0.15) is 0 Å². The monoisotopic (exact) mass is 248 g/mol. The minimum Gasteiger partial charge on any atom is -0.444 e. The highest BCUT2D eigenvalue weighted by atomic mass is 16.6. The Morgan fingerprint density at radius 1 is 1.33 bits per heavy atom. The third-order valence-electron chi connectivity index (χ3n) is 2.45. The first-order valence-corrected chi connectivity index (χ1v) is 5.76. The second-order valence-electron chi connectivity index (χ2n) is 5.16. The number of fused-ring (bicyclic) bond motifs is 1. The van der Waals surface area contributed by atoms with Crippen molar-refractivity contribution in [2.45, 2.75) is 32.4 Å². The summed E-state index contributed by atoms with van der Waals surface area (Å²) in [6, 6.07) is 6.56. The number of para-hydroxylation sites is 1. The Balaban J connectivity index is 2.11. The van der Waals surface area contributed by atoms with Crippen molar-refractivity contribution in [3.63, 3.8) is 0 Å². The lowest BCUT2D eigenvalue weighted by Crippen LogP contribution is -2.37. The Bertz CT molecular complexity index is 491. The van der Waals surface area contributed by atoms with Gasteiger partial charge in [0.25, 0.3) is 5.91 Å². The number of carbonyl (C=O) groups excluding carboxylic acids is 2. The Morgan fingerprint density at radius 2 is 2.00 bits per heavy atom. The van der Waals surface area contributed by atoms with Crippen LogP contribution in [0.4, 0.5) is 10.5 Å². The molecule has 1 atom stereocenters. The molecule has 2 rings (SSSR count). The van der Waals surface area contributed by atoms with Crippen molar-refractivity contribution in [3.8, 4) is 0 Å². The normalized spacial score (nSPS) is 17.9. The van der Waals surface area contributed by atoms with Crippen LogP contribution in [0.25, 0.3) is 0 Å². The number of carbonyl (C=O) groups is 2. The second kappa shape index (κ2) is 4.33. The van der Waals surface area contributed by atoms with Crippen molar-refractivity contribution in [1.82, 2.24) is 5.32 Å². The first kappa shape index (κ1) is 12.4. The Morgan fingerprint density at radius 3 is 2.67 bits per heavy atom. The molecule has 0 spiro atoms. The van der Waals surface area contributed by atoms with E-state index in [1.807, 2.05) is 12.1 Å². The van der Waals surface area contributed by atoms with E-state index in [0.717, 1.165) is 11.3 Å². The van der Waals surface area contributed by atoms with Crippen LogP contribution in [-0.2, 0) is 9.53 Å². The number of alkyl carbamates (subject to hydrolysis) is 1. The van der Waals surface area contributed by atoms with E-state index >= 15 is 0 Å². The summed E-state index contributed by atoms with van der Waals surface area (Å²) in [5.74, 6) is -0.248.